The summed E-state index contributed by atoms with van der Waals surface area (Å²) in [6.07, 6.45) is 6.74. The van der Waals surface area contributed by atoms with Crippen LogP contribution in [0.25, 0.3) is 11.3 Å². The molecule has 1 aromatic heterocycles. The summed E-state index contributed by atoms with van der Waals surface area (Å²) in [5, 5.41) is 2.36. The molecule has 0 bridgehead atoms. The van der Waals surface area contributed by atoms with Crippen molar-refractivity contribution in [1.82, 2.24) is 20.1 Å². The Morgan fingerprint density at radius 3 is 2.71 bits per heavy atom. The van der Waals surface area contributed by atoms with Crippen LogP contribution in [0.1, 0.15) is 59.2 Å². The quantitative estimate of drug-likeness (QED) is 0.697. The number of likely N-dealkylation sites (tertiary alicyclic amines) is 1. The van der Waals surface area contributed by atoms with Crippen molar-refractivity contribution >= 4 is 17.7 Å². The van der Waals surface area contributed by atoms with E-state index in [0.717, 1.165) is 35.2 Å². The highest BCUT2D eigenvalue weighted by Crippen LogP contribution is 2.41. The van der Waals surface area contributed by atoms with E-state index in [-0.39, 0.29) is 24.1 Å². The van der Waals surface area contributed by atoms with Crippen molar-refractivity contribution in [3.63, 3.8) is 0 Å². The van der Waals surface area contributed by atoms with Gasteiger partial charge in [0, 0.05) is 43.4 Å². The molecule has 3 aliphatic heterocycles. The third kappa shape index (κ3) is 3.92. The Balaban J connectivity index is 1.20. The fraction of sp³-hybridized carbons (Fsp3) is 0.481. The van der Waals surface area contributed by atoms with Crippen LogP contribution in [-0.2, 0) is 22.7 Å². The van der Waals surface area contributed by atoms with Gasteiger partial charge in [-0.25, -0.2) is 0 Å². The number of amides is 3. The molecule has 3 fully saturated rings. The summed E-state index contributed by atoms with van der Waals surface area (Å²) >= 11 is 0. The third-order valence-corrected chi connectivity index (χ3v) is 8.03. The van der Waals surface area contributed by atoms with Gasteiger partial charge in [0.2, 0.25) is 11.8 Å². The van der Waals surface area contributed by atoms with Gasteiger partial charge in [0.25, 0.3) is 5.91 Å². The molecule has 2 unspecified atom stereocenters. The number of fused-ring (bicyclic) bond motifs is 1. The molecule has 1 aliphatic carbocycles. The molecule has 1 aromatic carbocycles. The van der Waals surface area contributed by atoms with E-state index in [4.69, 9.17) is 4.98 Å². The van der Waals surface area contributed by atoms with Crippen molar-refractivity contribution in [2.45, 2.75) is 58.2 Å². The minimum Gasteiger partial charge on any atom is -0.322 e. The molecule has 2 atom stereocenters. The van der Waals surface area contributed by atoms with E-state index in [1.54, 1.807) is 4.90 Å². The maximum Gasteiger partial charge on any atom is 0.255 e. The van der Waals surface area contributed by atoms with Crippen LogP contribution < -0.4 is 5.32 Å². The Morgan fingerprint density at radius 1 is 1.06 bits per heavy atom. The van der Waals surface area contributed by atoms with Gasteiger partial charge in [0.05, 0.1) is 5.69 Å². The third-order valence-electron chi connectivity index (χ3n) is 8.03. The summed E-state index contributed by atoms with van der Waals surface area (Å²) in [5.74, 6) is 1.04. The van der Waals surface area contributed by atoms with Crippen molar-refractivity contribution in [3.8, 4) is 11.3 Å². The van der Waals surface area contributed by atoms with Gasteiger partial charge in [-0.3, -0.25) is 29.6 Å². The number of rotatable bonds is 5. The van der Waals surface area contributed by atoms with Crippen LogP contribution in [0.3, 0.4) is 0 Å². The number of nitrogens with one attached hydrogen (secondary N) is 1. The zero-order valence-electron chi connectivity index (χ0n) is 19.5. The number of carbonyl (C=O) groups is 3. The molecule has 2 saturated heterocycles. The number of benzene rings is 1. The van der Waals surface area contributed by atoms with E-state index in [0.29, 0.717) is 18.5 Å². The Kier molecular flexibility index (Phi) is 5.25. The van der Waals surface area contributed by atoms with E-state index in [2.05, 4.69) is 23.2 Å². The number of pyridine rings is 1. The topological polar surface area (TPSA) is 82.6 Å². The number of imide groups is 1. The maximum atomic E-state index is 13.0. The van der Waals surface area contributed by atoms with Crippen molar-refractivity contribution < 1.29 is 14.4 Å². The summed E-state index contributed by atoms with van der Waals surface area (Å²) < 4.78 is 0. The maximum absolute atomic E-state index is 13.0. The summed E-state index contributed by atoms with van der Waals surface area (Å²) in [4.78, 5) is 45.7. The number of aromatic nitrogens is 1. The van der Waals surface area contributed by atoms with E-state index in [9.17, 15) is 14.4 Å². The molecular formula is C27H30N4O3. The fourth-order valence-corrected chi connectivity index (χ4v) is 5.83. The lowest BCUT2D eigenvalue weighted by Gasteiger charge is -2.29. The zero-order valence-corrected chi connectivity index (χ0v) is 19.5. The van der Waals surface area contributed by atoms with Crippen molar-refractivity contribution in [2.75, 3.05) is 13.1 Å². The van der Waals surface area contributed by atoms with Gasteiger partial charge in [-0.2, -0.15) is 0 Å². The SMILES string of the molecule is Cc1cnc(-c2ccc3c(c2)CN(C2CCC(=O)NC2=O)C3=O)cc1CN1CCC(C2CC2)C1. The van der Waals surface area contributed by atoms with Crippen LogP contribution >= 0.6 is 0 Å². The predicted octanol–water partition coefficient (Wildman–Crippen LogP) is 3.05. The van der Waals surface area contributed by atoms with Crippen LogP contribution in [0, 0.1) is 18.8 Å². The molecule has 34 heavy (non-hydrogen) atoms. The predicted molar refractivity (Wildman–Crippen MR) is 127 cm³/mol. The van der Waals surface area contributed by atoms with Gasteiger partial charge >= 0.3 is 0 Å². The number of aryl methyl sites for hydroxylation is 1. The second-order valence-electron chi connectivity index (χ2n) is 10.4. The standard InChI is InChI=1S/C27H30N4O3/c1-16-12-28-23(11-20(16)14-30-9-8-19(13-30)17-2-3-17)18-4-5-22-21(10-18)15-31(27(22)34)24-6-7-25(32)29-26(24)33/h4-5,10-12,17,19,24H,2-3,6-9,13-15H2,1H3,(H,29,32,33). The van der Waals surface area contributed by atoms with Gasteiger partial charge in [-0.05, 0) is 85.9 Å². The van der Waals surface area contributed by atoms with Crippen molar-refractivity contribution in [2.24, 2.45) is 11.8 Å². The summed E-state index contributed by atoms with van der Waals surface area (Å²) in [7, 11) is 0. The van der Waals surface area contributed by atoms with Crippen molar-refractivity contribution in [3.05, 3.63) is 52.7 Å². The van der Waals surface area contributed by atoms with Gasteiger partial charge in [0.15, 0.2) is 0 Å². The molecule has 7 nitrogen and oxygen atoms in total. The molecule has 0 spiro atoms. The molecule has 1 saturated carbocycles. The smallest absolute Gasteiger partial charge is 0.255 e. The Morgan fingerprint density at radius 2 is 1.91 bits per heavy atom. The van der Waals surface area contributed by atoms with E-state index in [1.807, 2.05) is 24.4 Å². The first-order valence-corrected chi connectivity index (χ1v) is 12.4. The highest BCUT2D eigenvalue weighted by molar-refractivity contribution is 6.05. The normalized spacial score (nSPS) is 25.1. The first-order valence-electron chi connectivity index (χ1n) is 12.4. The molecule has 6 rings (SSSR count). The molecule has 3 amide bonds. The lowest BCUT2D eigenvalue weighted by Crippen LogP contribution is -2.52. The molecule has 7 heteroatoms. The zero-order chi connectivity index (χ0) is 23.4. The fourth-order valence-electron chi connectivity index (χ4n) is 5.83. The van der Waals surface area contributed by atoms with Gasteiger partial charge in [0.1, 0.15) is 6.04 Å². The highest BCUT2D eigenvalue weighted by Gasteiger charge is 2.39. The Bertz CT molecular complexity index is 1190. The summed E-state index contributed by atoms with van der Waals surface area (Å²) in [6.45, 7) is 5.84. The first-order chi connectivity index (χ1) is 16.5. The number of nitrogens with zero attached hydrogens (tertiary/aromatic N) is 3. The van der Waals surface area contributed by atoms with E-state index < -0.39 is 6.04 Å². The molecule has 176 valence electrons. The molecular weight excluding hydrogens is 428 g/mol. The minimum atomic E-state index is -0.593. The van der Waals surface area contributed by atoms with Crippen LogP contribution in [0.5, 0.6) is 0 Å². The van der Waals surface area contributed by atoms with Crippen LogP contribution in [-0.4, -0.2) is 51.6 Å². The highest BCUT2D eigenvalue weighted by atomic mass is 16.2. The van der Waals surface area contributed by atoms with Crippen LogP contribution in [0.2, 0.25) is 0 Å². The lowest BCUT2D eigenvalue weighted by molar-refractivity contribution is -0.136. The Labute approximate surface area is 199 Å². The monoisotopic (exact) mass is 458 g/mol. The second-order valence-corrected chi connectivity index (χ2v) is 10.4. The summed E-state index contributed by atoms with van der Waals surface area (Å²) in [6, 6.07) is 7.42. The van der Waals surface area contributed by atoms with Crippen LogP contribution in [0.15, 0.2) is 30.5 Å². The molecule has 0 radical (unpaired) electrons. The molecule has 2 aromatic rings. The minimum absolute atomic E-state index is 0.146. The number of carbonyl (C=O) groups excluding carboxylic acids is 3. The number of piperidine rings is 1. The first kappa shape index (κ1) is 21.5. The number of hydrogen-bond donors (Lipinski definition) is 1. The van der Waals surface area contributed by atoms with E-state index >= 15 is 0 Å². The van der Waals surface area contributed by atoms with Gasteiger partial charge in [-0.1, -0.05) is 6.07 Å². The average Bonchev–Trinajstić information content (AvgIpc) is 3.48. The Hall–Kier alpha value is -3.06. The summed E-state index contributed by atoms with van der Waals surface area (Å²) in [5.41, 5.74) is 5.94. The van der Waals surface area contributed by atoms with Crippen molar-refractivity contribution in [1.29, 1.82) is 0 Å². The van der Waals surface area contributed by atoms with E-state index in [1.165, 1.54) is 43.5 Å². The van der Waals surface area contributed by atoms with Crippen LogP contribution in [0.4, 0.5) is 0 Å². The molecule has 4 heterocycles. The molecule has 1 N–H and O–H groups in total. The lowest BCUT2D eigenvalue weighted by atomic mass is 10.0. The number of hydrogen-bond acceptors (Lipinski definition) is 5. The van der Waals surface area contributed by atoms with Gasteiger partial charge in [-0.15, -0.1) is 0 Å². The average molecular weight is 459 g/mol. The molecule has 4 aliphatic rings. The van der Waals surface area contributed by atoms with Gasteiger partial charge < -0.3 is 4.90 Å². The largest absolute Gasteiger partial charge is 0.322 e. The second kappa shape index (κ2) is 8.31.